The fraction of sp³-hybridized carbons (Fsp3) is 1.00. The van der Waals surface area contributed by atoms with Gasteiger partial charge >= 0.3 is 12.4 Å². The highest BCUT2D eigenvalue weighted by Crippen LogP contribution is 2.58. The molecule has 3 aliphatic rings. The summed E-state index contributed by atoms with van der Waals surface area (Å²) >= 11 is 0. The van der Waals surface area contributed by atoms with E-state index >= 15 is 0 Å². The highest BCUT2D eigenvalue weighted by Gasteiger charge is 2.75. The predicted molar refractivity (Wildman–Crippen MR) is 96.1 cm³/mol. The number of hydrogen-bond donors (Lipinski definition) is 1. The molecule has 0 spiro atoms. The van der Waals surface area contributed by atoms with Gasteiger partial charge in [-0.25, -0.2) is 0 Å². The molecular formula is C21H32F6O2. The largest absolute Gasteiger partial charge is 0.426 e. The predicted octanol–water partition coefficient (Wildman–Crippen LogP) is 6.27. The average Bonchev–Trinajstić information content (AvgIpc) is 2.64. The molecule has 3 rings (SSSR count). The maximum absolute atomic E-state index is 14.0. The minimum Gasteiger partial charge on any atom is -0.391 e. The van der Waals surface area contributed by atoms with Gasteiger partial charge in [0, 0.05) is 5.92 Å². The molecule has 0 aromatic rings. The molecule has 0 aromatic carbocycles. The number of aliphatic hydroxyl groups is 1. The van der Waals surface area contributed by atoms with Crippen molar-refractivity contribution in [2.24, 2.45) is 29.6 Å². The first kappa shape index (κ1) is 23.2. The van der Waals surface area contributed by atoms with E-state index < -0.39 is 36.6 Å². The highest BCUT2D eigenvalue weighted by atomic mass is 19.4. The Bertz CT molecular complexity index is 532. The van der Waals surface area contributed by atoms with Crippen LogP contribution in [0.5, 0.6) is 0 Å². The van der Waals surface area contributed by atoms with E-state index in [1.807, 2.05) is 0 Å². The zero-order chi connectivity index (χ0) is 21.4. The third-order valence-corrected chi connectivity index (χ3v) is 7.81. The first-order chi connectivity index (χ1) is 13.5. The molecule has 0 saturated heterocycles. The van der Waals surface area contributed by atoms with Crippen LogP contribution in [0, 0.1) is 29.6 Å². The summed E-state index contributed by atoms with van der Waals surface area (Å²) in [6, 6.07) is 0. The molecule has 3 fully saturated rings. The average molecular weight is 430 g/mol. The van der Waals surface area contributed by atoms with E-state index in [0.717, 1.165) is 32.1 Å². The van der Waals surface area contributed by atoms with E-state index in [0.29, 0.717) is 18.3 Å². The lowest BCUT2D eigenvalue weighted by molar-refractivity contribution is -0.403. The minimum atomic E-state index is -5.59. The summed E-state index contributed by atoms with van der Waals surface area (Å²) in [5, 5.41) is 9.61. The normalized spacial score (nSPS) is 35.0. The molecule has 0 aromatic heterocycles. The van der Waals surface area contributed by atoms with Gasteiger partial charge in [-0.3, -0.25) is 0 Å². The fourth-order valence-electron chi connectivity index (χ4n) is 6.23. The molecule has 1 N–H and O–H groups in total. The molecular weight excluding hydrogens is 398 g/mol. The number of fused-ring (bicyclic) bond motifs is 2. The number of hydrogen-bond acceptors (Lipinski definition) is 2. The number of aliphatic hydroxyl groups excluding tert-OH is 1. The van der Waals surface area contributed by atoms with E-state index in [-0.39, 0.29) is 31.1 Å². The molecule has 3 aliphatic carbocycles. The van der Waals surface area contributed by atoms with Gasteiger partial charge in [0.15, 0.2) is 0 Å². The molecule has 0 radical (unpaired) electrons. The van der Waals surface area contributed by atoms with Crippen LogP contribution in [0.15, 0.2) is 0 Å². The molecule has 2 nitrogen and oxygen atoms in total. The standard InChI is InChI=1S/C21H32F6O2/c1-2-18(28)12-29-19(20(22,23)24,21(25,26)27)17-8-7-15-9-13-5-3-4-6-14(13)10-16(15)11-17/h13-18,28H,2-12H2,1H3. The Balaban J connectivity index is 1.84. The van der Waals surface area contributed by atoms with Crippen LogP contribution in [0.1, 0.15) is 71.1 Å². The maximum atomic E-state index is 14.0. The van der Waals surface area contributed by atoms with E-state index in [1.54, 1.807) is 0 Å². The van der Waals surface area contributed by atoms with Gasteiger partial charge in [-0.15, -0.1) is 0 Å². The number of rotatable bonds is 5. The van der Waals surface area contributed by atoms with Gasteiger partial charge in [0.05, 0.1) is 12.7 Å². The van der Waals surface area contributed by atoms with Crippen LogP contribution in [0.4, 0.5) is 26.3 Å². The summed E-state index contributed by atoms with van der Waals surface area (Å²) in [5.74, 6) is -0.499. The van der Waals surface area contributed by atoms with Gasteiger partial charge in [0.25, 0.3) is 5.60 Å². The second kappa shape index (κ2) is 8.56. The van der Waals surface area contributed by atoms with Gasteiger partial charge in [0.2, 0.25) is 0 Å². The lowest BCUT2D eigenvalue weighted by Crippen LogP contribution is -2.65. The van der Waals surface area contributed by atoms with Crippen molar-refractivity contribution in [3.05, 3.63) is 0 Å². The van der Waals surface area contributed by atoms with Crippen molar-refractivity contribution in [1.29, 1.82) is 0 Å². The van der Waals surface area contributed by atoms with Crippen LogP contribution in [-0.4, -0.2) is 35.8 Å². The Morgan fingerprint density at radius 1 is 0.793 bits per heavy atom. The molecule has 29 heavy (non-hydrogen) atoms. The summed E-state index contributed by atoms with van der Waals surface area (Å²) in [7, 11) is 0. The van der Waals surface area contributed by atoms with Crippen LogP contribution < -0.4 is 0 Å². The molecule has 6 atom stereocenters. The smallest absolute Gasteiger partial charge is 0.391 e. The summed E-state index contributed by atoms with van der Waals surface area (Å²) in [5.41, 5.74) is -4.20. The molecule has 0 aliphatic heterocycles. The van der Waals surface area contributed by atoms with Gasteiger partial charge in [0.1, 0.15) is 0 Å². The first-order valence-electron chi connectivity index (χ1n) is 10.9. The van der Waals surface area contributed by atoms with E-state index in [2.05, 4.69) is 4.74 Å². The number of ether oxygens (including phenoxy) is 1. The monoisotopic (exact) mass is 430 g/mol. The first-order valence-corrected chi connectivity index (χ1v) is 10.9. The summed E-state index contributed by atoms with van der Waals surface area (Å²) in [6.45, 7) is 0.523. The van der Waals surface area contributed by atoms with Crippen LogP contribution >= 0.6 is 0 Å². The van der Waals surface area contributed by atoms with Crippen LogP contribution in [-0.2, 0) is 4.74 Å². The van der Waals surface area contributed by atoms with Crippen LogP contribution in [0.3, 0.4) is 0 Å². The Morgan fingerprint density at radius 2 is 1.31 bits per heavy atom. The van der Waals surface area contributed by atoms with Crippen molar-refractivity contribution >= 4 is 0 Å². The molecule has 170 valence electrons. The van der Waals surface area contributed by atoms with E-state index in [9.17, 15) is 31.4 Å². The molecule has 3 saturated carbocycles. The zero-order valence-corrected chi connectivity index (χ0v) is 16.9. The third-order valence-electron chi connectivity index (χ3n) is 7.81. The molecule has 6 unspecified atom stereocenters. The zero-order valence-electron chi connectivity index (χ0n) is 16.9. The van der Waals surface area contributed by atoms with Crippen molar-refractivity contribution in [3.63, 3.8) is 0 Å². The Labute approximate surface area is 168 Å². The molecule has 0 heterocycles. The van der Waals surface area contributed by atoms with E-state index in [1.165, 1.54) is 13.3 Å². The fourth-order valence-corrected chi connectivity index (χ4v) is 6.23. The maximum Gasteiger partial charge on any atom is 0.426 e. The quantitative estimate of drug-likeness (QED) is 0.521. The Kier molecular flexibility index (Phi) is 6.84. The minimum absolute atomic E-state index is 0.0320. The van der Waals surface area contributed by atoms with Crippen molar-refractivity contribution < 1.29 is 36.2 Å². The Morgan fingerprint density at radius 3 is 1.83 bits per heavy atom. The number of alkyl halides is 6. The Hall–Kier alpha value is -0.500. The van der Waals surface area contributed by atoms with Crippen molar-refractivity contribution in [1.82, 2.24) is 0 Å². The second-order valence-electron chi connectivity index (χ2n) is 9.41. The van der Waals surface area contributed by atoms with E-state index in [4.69, 9.17) is 0 Å². The van der Waals surface area contributed by atoms with Crippen molar-refractivity contribution in [2.45, 2.75) is 95.2 Å². The topological polar surface area (TPSA) is 29.5 Å². The third kappa shape index (κ3) is 4.43. The number of halogens is 6. The van der Waals surface area contributed by atoms with Crippen LogP contribution in [0.2, 0.25) is 0 Å². The van der Waals surface area contributed by atoms with Gasteiger partial charge in [-0.1, -0.05) is 32.6 Å². The summed E-state index contributed by atoms with van der Waals surface area (Å²) in [4.78, 5) is 0. The van der Waals surface area contributed by atoms with Crippen molar-refractivity contribution in [2.75, 3.05) is 6.61 Å². The molecule has 0 amide bonds. The second-order valence-corrected chi connectivity index (χ2v) is 9.41. The lowest BCUT2D eigenvalue weighted by Gasteiger charge is -2.51. The summed E-state index contributed by atoms with van der Waals surface area (Å²) < 4.78 is 88.5. The van der Waals surface area contributed by atoms with Crippen molar-refractivity contribution in [3.8, 4) is 0 Å². The summed E-state index contributed by atoms with van der Waals surface area (Å²) in [6.07, 6.45) is -6.17. The van der Waals surface area contributed by atoms with Crippen LogP contribution in [0.25, 0.3) is 0 Å². The highest BCUT2D eigenvalue weighted by molar-refractivity contribution is 5.05. The van der Waals surface area contributed by atoms with Gasteiger partial charge in [-0.2, -0.15) is 26.3 Å². The molecule has 8 heteroatoms. The lowest BCUT2D eigenvalue weighted by atomic mass is 9.57. The SMILES string of the molecule is CCC(O)COC(C1CCC2CC3CCCCC3CC2C1)(C(F)(F)F)C(F)(F)F. The van der Waals surface area contributed by atoms with Gasteiger partial charge < -0.3 is 9.84 Å². The molecule has 0 bridgehead atoms. The van der Waals surface area contributed by atoms with Gasteiger partial charge in [-0.05, 0) is 62.2 Å².